The Morgan fingerprint density at radius 2 is 1.88 bits per heavy atom. The number of carbonyl (C=O) groups excluding carboxylic acids is 1. The van der Waals surface area contributed by atoms with Gasteiger partial charge in [0, 0.05) is 25.3 Å². The van der Waals surface area contributed by atoms with Crippen LogP contribution in [0.3, 0.4) is 0 Å². The maximum absolute atomic E-state index is 13.3. The summed E-state index contributed by atoms with van der Waals surface area (Å²) >= 11 is 1.44. The van der Waals surface area contributed by atoms with Gasteiger partial charge in [0.15, 0.2) is 11.0 Å². The maximum Gasteiger partial charge on any atom is 0.284 e. The van der Waals surface area contributed by atoms with Crippen molar-refractivity contribution in [1.82, 2.24) is 24.2 Å². The van der Waals surface area contributed by atoms with Crippen LogP contribution in [0.4, 0.5) is 0 Å². The number of fused-ring (bicyclic) bond motifs is 3. The monoisotopic (exact) mass is 467 g/mol. The number of ether oxygens (including phenoxy) is 1. The summed E-state index contributed by atoms with van der Waals surface area (Å²) < 4.78 is 9.35. The van der Waals surface area contributed by atoms with Crippen molar-refractivity contribution >= 4 is 17.7 Å². The third kappa shape index (κ3) is 4.44. The molecule has 0 aromatic heterocycles. The number of hydrogen-bond donors (Lipinski definition) is 0. The van der Waals surface area contributed by atoms with Gasteiger partial charge in [-0.25, -0.2) is 4.98 Å². The fraction of sp³-hybridized carbons (Fsp3) is 0.500. The Morgan fingerprint density at radius 1 is 1.12 bits per heavy atom. The molecule has 1 fully saturated rings. The van der Waals surface area contributed by atoms with E-state index in [-0.39, 0.29) is 23.7 Å². The molecule has 1 aromatic rings. The summed E-state index contributed by atoms with van der Waals surface area (Å²) in [5.41, 5.74) is 2.20. The Kier molecular flexibility index (Phi) is 6.25. The normalized spacial score (nSPS) is 21.1. The molecule has 2 unspecified atom stereocenters. The van der Waals surface area contributed by atoms with E-state index in [0.717, 1.165) is 48.8 Å². The zero-order chi connectivity index (χ0) is 22.9. The lowest BCUT2D eigenvalue weighted by Crippen LogP contribution is -2.48. The topological polar surface area (TPSA) is 82.3 Å². The molecule has 0 bridgehead atoms. The number of amides is 1. The summed E-state index contributed by atoms with van der Waals surface area (Å²) in [7, 11) is 0. The van der Waals surface area contributed by atoms with Crippen LogP contribution in [-0.4, -0.2) is 61.2 Å². The van der Waals surface area contributed by atoms with Crippen LogP contribution in [-0.2, 0) is 22.5 Å². The first kappa shape index (κ1) is 22.2. The molecule has 0 spiro atoms. The standard InChI is InChI=1S/C24H29N5O3S/c1-16-13-27(14-17(2)32-16)20(30)15-33-24-25-22-21(19-11-7-4-8-12-28(19)24)23(31)29(26-22)18-9-5-3-6-10-18/h3,5-6,9-10,16-17H,4,7-8,11-15H2,1-2H3. The smallest absolute Gasteiger partial charge is 0.284 e. The van der Waals surface area contributed by atoms with Crippen LogP contribution in [0.5, 0.6) is 0 Å². The number of thioether (sulfide) groups is 1. The number of nitrogens with zero attached hydrogens (tertiary/aromatic N) is 5. The summed E-state index contributed by atoms with van der Waals surface area (Å²) in [4.78, 5) is 32.9. The lowest BCUT2D eigenvalue weighted by atomic mass is 10.1. The molecule has 5 rings (SSSR count). The molecule has 174 valence electrons. The van der Waals surface area contributed by atoms with E-state index in [9.17, 15) is 9.59 Å². The van der Waals surface area contributed by atoms with Crippen molar-refractivity contribution in [3.63, 3.8) is 0 Å². The molecule has 0 aliphatic carbocycles. The minimum atomic E-state index is -0.127. The minimum absolute atomic E-state index is 0.0419. The molecule has 4 aliphatic rings. The second kappa shape index (κ2) is 9.30. The van der Waals surface area contributed by atoms with Crippen molar-refractivity contribution in [3.8, 4) is 17.1 Å². The van der Waals surface area contributed by atoms with Crippen LogP contribution >= 0.6 is 11.8 Å². The van der Waals surface area contributed by atoms with Gasteiger partial charge in [0.2, 0.25) is 5.91 Å². The highest BCUT2D eigenvalue weighted by atomic mass is 32.2. The molecule has 4 aliphatic heterocycles. The minimum Gasteiger partial charge on any atom is -0.372 e. The van der Waals surface area contributed by atoms with Gasteiger partial charge in [0.25, 0.3) is 5.56 Å². The number of para-hydroxylation sites is 1. The summed E-state index contributed by atoms with van der Waals surface area (Å²) in [5, 5.41) is 5.34. The number of rotatable bonds is 4. The van der Waals surface area contributed by atoms with Crippen molar-refractivity contribution in [1.29, 1.82) is 0 Å². The van der Waals surface area contributed by atoms with Crippen LogP contribution in [0.2, 0.25) is 0 Å². The Hall–Kier alpha value is -2.65. The highest BCUT2D eigenvalue weighted by molar-refractivity contribution is 7.99. The molecule has 9 heteroatoms. The Labute approximate surface area is 197 Å². The van der Waals surface area contributed by atoms with Gasteiger partial charge < -0.3 is 14.2 Å². The first-order valence-corrected chi connectivity index (χ1v) is 12.6. The van der Waals surface area contributed by atoms with E-state index in [1.807, 2.05) is 49.1 Å². The van der Waals surface area contributed by atoms with Gasteiger partial charge in [0.05, 0.1) is 23.6 Å². The predicted octanol–water partition coefficient (Wildman–Crippen LogP) is 2.99. The van der Waals surface area contributed by atoms with Gasteiger partial charge in [0.1, 0.15) is 5.56 Å². The molecule has 2 atom stereocenters. The molecule has 1 aromatic carbocycles. The van der Waals surface area contributed by atoms with E-state index in [1.165, 1.54) is 16.4 Å². The average Bonchev–Trinajstić information content (AvgIpc) is 2.97. The zero-order valence-electron chi connectivity index (χ0n) is 19.1. The highest BCUT2D eigenvalue weighted by Crippen LogP contribution is 2.30. The van der Waals surface area contributed by atoms with E-state index >= 15 is 0 Å². The molecule has 8 nitrogen and oxygen atoms in total. The fourth-order valence-electron chi connectivity index (χ4n) is 4.81. The molecule has 33 heavy (non-hydrogen) atoms. The van der Waals surface area contributed by atoms with Gasteiger partial charge in [-0.3, -0.25) is 9.59 Å². The van der Waals surface area contributed by atoms with Gasteiger partial charge >= 0.3 is 0 Å². The lowest BCUT2D eigenvalue weighted by Gasteiger charge is -2.35. The second-order valence-electron chi connectivity index (χ2n) is 8.90. The molecule has 0 saturated carbocycles. The van der Waals surface area contributed by atoms with E-state index in [4.69, 9.17) is 9.72 Å². The lowest BCUT2D eigenvalue weighted by molar-refractivity contribution is -0.140. The number of hydrogen-bond acceptors (Lipinski definition) is 6. The highest BCUT2D eigenvalue weighted by Gasteiger charge is 2.29. The van der Waals surface area contributed by atoms with Crippen LogP contribution in [0.1, 0.15) is 38.8 Å². The van der Waals surface area contributed by atoms with E-state index in [1.54, 1.807) is 0 Å². The molecule has 0 N–H and O–H groups in total. The Morgan fingerprint density at radius 3 is 2.64 bits per heavy atom. The van der Waals surface area contributed by atoms with Gasteiger partial charge in [-0.2, -0.15) is 4.68 Å². The Bertz CT molecular complexity index is 1160. The van der Waals surface area contributed by atoms with Gasteiger partial charge in [-0.05, 0) is 45.2 Å². The van der Waals surface area contributed by atoms with Crippen molar-refractivity contribution in [2.45, 2.75) is 63.4 Å². The van der Waals surface area contributed by atoms with Crippen molar-refractivity contribution in [3.05, 3.63) is 46.4 Å². The Balaban J connectivity index is 1.49. The SMILES string of the molecule is CC1CN(C(=O)CSc2nc3nn(-c4ccccc4)c(=O)c-3c3n2CCCCC3)CC(C)O1. The summed E-state index contributed by atoms with van der Waals surface area (Å²) in [6, 6.07) is 9.45. The van der Waals surface area contributed by atoms with Crippen LogP contribution < -0.4 is 5.56 Å². The maximum atomic E-state index is 13.3. The molecule has 1 saturated heterocycles. The molecule has 0 radical (unpaired) electrons. The van der Waals surface area contributed by atoms with Crippen molar-refractivity contribution in [2.24, 2.45) is 0 Å². The van der Waals surface area contributed by atoms with Crippen LogP contribution in [0, 0.1) is 0 Å². The number of benzene rings is 1. The van der Waals surface area contributed by atoms with Crippen molar-refractivity contribution < 1.29 is 9.53 Å². The predicted molar refractivity (Wildman–Crippen MR) is 127 cm³/mol. The van der Waals surface area contributed by atoms with Crippen molar-refractivity contribution in [2.75, 3.05) is 18.8 Å². The van der Waals surface area contributed by atoms with Gasteiger partial charge in [-0.15, -0.1) is 5.10 Å². The van der Waals surface area contributed by atoms with Crippen LogP contribution in [0.15, 0.2) is 40.3 Å². The molecule has 4 heterocycles. The first-order chi connectivity index (χ1) is 16.0. The largest absolute Gasteiger partial charge is 0.372 e. The van der Waals surface area contributed by atoms with E-state index in [2.05, 4.69) is 9.67 Å². The first-order valence-electron chi connectivity index (χ1n) is 11.6. The average molecular weight is 468 g/mol. The summed E-state index contributed by atoms with van der Waals surface area (Å²) in [6.45, 7) is 6.02. The molecular weight excluding hydrogens is 438 g/mol. The molecule has 1 amide bonds. The van der Waals surface area contributed by atoms with E-state index in [0.29, 0.717) is 30.2 Å². The number of aromatic nitrogens is 4. The third-order valence-corrected chi connectivity index (χ3v) is 7.23. The molecular formula is C24H29N5O3S. The summed E-state index contributed by atoms with van der Waals surface area (Å²) in [5.74, 6) is 0.854. The van der Waals surface area contributed by atoms with E-state index < -0.39 is 0 Å². The quantitative estimate of drug-likeness (QED) is 0.433. The summed E-state index contributed by atoms with van der Waals surface area (Å²) in [6.07, 6.45) is 4.07. The fourth-order valence-corrected chi connectivity index (χ4v) is 5.75. The number of morpholine rings is 1. The third-order valence-electron chi connectivity index (χ3n) is 6.26. The van der Waals surface area contributed by atoms with Crippen LogP contribution in [0.25, 0.3) is 17.1 Å². The second-order valence-corrected chi connectivity index (χ2v) is 9.84. The van der Waals surface area contributed by atoms with Gasteiger partial charge in [-0.1, -0.05) is 36.4 Å². The number of carbonyl (C=O) groups is 1. The zero-order valence-corrected chi connectivity index (χ0v) is 19.9.